The Labute approximate surface area is 154 Å². The number of sulfone groups is 1. The number of methoxy groups -OCH3 is 1. The first kappa shape index (κ1) is 17.3. The van der Waals surface area contributed by atoms with Crippen LogP contribution in [-0.2, 0) is 9.84 Å². The average Bonchev–Trinajstić information content (AvgIpc) is 3.03. The van der Waals surface area contributed by atoms with Gasteiger partial charge < -0.3 is 4.74 Å². The summed E-state index contributed by atoms with van der Waals surface area (Å²) in [4.78, 5) is 4.97. The lowest BCUT2D eigenvalue weighted by atomic mass is 9.66. The van der Waals surface area contributed by atoms with E-state index in [9.17, 15) is 8.42 Å². The van der Waals surface area contributed by atoms with Gasteiger partial charge >= 0.3 is 0 Å². The minimum Gasteiger partial charge on any atom is -0.495 e. The van der Waals surface area contributed by atoms with Crippen LogP contribution in [-0.4, -0.2) is 26.8 Å². The molecular weight excluding hydrogens is 346 g/mol. The Hall–Kier alpha value is -2.14. The summed E-state index contributed by atoms with van der Waals surface area (Å²) in [6.07, 6.45) is 8.92. The minimum absolute atomic E-state index is 0.363. The molecule has 1 aromatic carbocycles. The second-order valence-corrected chi connectivity index (χ2v) is 9.56. The third-order valence-electron chi connectivity index (χ3n) is 5.79. The van der Waals surface area contributed by atoms with Crippen LogP contribution in [0.2, 0.25) is 0 Å². The van der Waals surface area contributed by atoms with Crippen molar-refractivity contribution in [3.63, 3.8) is 0 Å². The van der Waals surface area contributed by atoms with Gasteiger partial charge in [0.25, 0.3) is 0 Å². The molecule has 4 rings (SSSR count). The molecule has 0 aliphatic heterocycles. The van der Waals surface area contributed by atoms with Crippen molar-refractivity contribution in [2.45, 2.75) is 37.0 Å². The maximum atomic E-state index is 11.7. The smallest absolute Gasteiger partial charge is 0.175 e. The number of benzene rings is 1. The second-order valence-electron chi connectivity index (χ2n) is 7.54. The monoisotopic (exact) mass is 369 g/mol. The van der Waals surface area contributed by atoms with Crippen LogP contribution in [0, 0.1) is 5.41 Å². The molecule has 4 nitrogen and oxygen atoms in total. The van der Waals surface area contributed by atoms with Gasteiger partial charge in [0.2, 0.25) is 0 Å². The molecule has 136 valence electrons. The lowest BCUT2D eigenvalue weighted by Crippen LogP contribution is -2.26. The summed E-state index contributed by atoms with van der Waals surface area (Å²) in [7, 11) is -1.53. The summed E-state index contributed by atoms with van der Waals surface area (Å²) in [5, 5.41) is 0. The number of ether oxygens (including phenoxy) is 1. The maximum absolute atomic E-state index is 11.7. The number of rotatable bonds is 4. The maximum Gasteiger partial charge on any atom is 0.175 e. The predicted octanol–water partition coefficient (Wildman–Crippen LogP) is 4.37. The van der Waals surface area contributed by atoms with E-state index >= 15 is 0 Å². The highest BCUT2D eigenvalue weighted by Gasteiger charge is 2.44. The Morgan fingerprint density at radius 1 is 1.00 bits per heavy atom. The quantitative estimate of drug-likeness (QED) is 0.803. The molecular formula is C21H23NO3S. The first-order valence-corrected chi connectivity index (χ1v) is 10.8. The van der Waals surface area contributed by atoms with E-state index in [1.807, 2.05) is 24.3 Å². The molecule has 1 heterocycles. The fourth-order valence-electron chi connectivity index (χ4n) is 4.16. The molecule has 2 aromatic rings. The summed E-state index contributed by atoms with van der Waals surface area (Å²) in [6, 6.07) is 11.3. The fourth-order valence-corrected chi connectivity index (χ4v) is 4.79. The van der Waals surface area contributed by atoms with Crippen LogP contribution < -0.4 is 4.74 Å². The number of hydrogen-bond donors (Lipinski definition) is 0. The van der Waals surface area contributed by atoms with Gasteiger partial charge in [0, 0.05) is 6.26 Å². The molecule has 0 amide bonds. The zero-order valence-corrected chi connectivity index (χ0v) is 16.0. The number of hydrogen-bond acceptors (Lipinski definition) is 4. The van der Waals surface area contributed by atoms with Crippen molar-refractivity contribution in [2.24, 2.45) is 5.41 Å². The van der Waals surface area contributed by atoms with E-state index in [4.69, 9.17) is 4.74 Å². The first-order valence-electron chi connectivity index (χ1n) is 8.93. The number of allylic oxidation sites excluding steroid dienone is 2. The Kier molecular flexibility index (Phi) is 4.14. The van der Waals surface area contributed by atoms with Gasteiger partial charge in [-0.1, -0.05) is 18.6 Å². The van der Waals surface area contributed by atoms with E-state index in [1.54, 1.807) is 25.4 Å². The molecule has 2 aliphatic carbocycles. The van der Waals surface area contributed by atoms with Crippen molar-refractivity contribution in [3.8, 4) is 5.75 Å². The van der Waals surface area contributed by atoms with Crippen molar-refractivity contribution in [1.29, 1.82) is 0 Å². The van der Waals surface area contributed by atoms with Crippen molar-refractivity contribution in [1.82, 2.24) is 4.98 Å². The van der Waals surface area contributed by atoms with Crippen LogP contribution >= 0.6 is 0 Å². The van der Waals surface area contributed by atoms with Gasteiger partial charge in [-0.15, -0.1) is 0 Å². The van der Waals surface area contributed by atoms with E-state index in [-0.39, 0.29) is 0 Å². The molecule has 1 fully saturated rings. The summed E-state index contributed by atoms with van der Waals surface area (Å²) < 4.78 is 28.7. The van der Waals surface area contributed by atoms with E-state index in [0.29, 0.717) is 10.3 Å². The molecule has 26 heavy (non-hydrogen) atoms. The summed E-state index contributed by atoms with van der Waals surface area (Å²) in [5.74, 6) is 0.754. The summed E-state index contributed by atoms with van der Waals surface area (Å²) in [5.41, 5.74) is 5.08. The topological polar surface area (TPSA) is 56.3 Å². The fraction of sp³-hybridized carbons (Fsp3) is 0.381. The predicted molar refractivity (Wildman–Crippen MR) is 103 cm³/mol. The van der Waals surface area contributed by atoms with Gasteiger partial charge in [-0.25, -0.2) is 8.42 Å². The van der Waals surface area contributed by atoms with Crippen molar-refractivity contribution >= 4 is 21.0 Å². The van der Waals surface area contributed by atoms with E-state index < -0.39 is 9.84 Å². The van der Waals surface area contributed by atoms with Crippen LogP contribution in [0.5, 0.6) is 5.75 Å². The van der Waals surface area contributed by atoms with Gasteiger partial charge in [0.15, 0.2) is 9.84 Å². The minimum atomic E-state index is -3.18. The lowest BCUT2D eigenvalue weighted by molar-refractivity contribution is 0.157. The third-order valence-corrected chi connectivity index (χ3v) is 6.92. The van der Waals surface area contributed by atoms with Crippen LogP contribution in [0.1, 0.15) is 43.4 Å². The molecule has 0 unspecified atom stereocenters. The number of nitrogens with zero attached hydrogens (tertiary/aromatic N) is 1. The standard InChI is InChI=1S/C21H23NO3S/c1-25-16-6-9-20(22-14-16)19-13-21(10-3-11-21)12-18(19)15-4-7-17(8-5-15)26(2,23)24/h4-9,14H,3,10-13H2,1-2H3. The normalized spacial score (nSPS) is 18.8. The highest BCUT2D eigenvalue weighted by atomic mass is 32.2. The Bertz CT molecular complexity index is 953. The van der Waals surface area contributed by atoms with E-state index in [2.05, 4.69) is 4.98 Å². The molecule has 1 spiro atoms. The van der Waals surface area contributed by atoms with E-state index in [1.165, 1.54) is 36.7 Å². The van der Waals surface area contributed by atoms with Crippen LogP contribution in [0.25, 0.3) is 11.1 Å². The Balaban J connectivity index is 1.75. The molecule has 0 bridgehead atoms. The van der Waals surface area contributed by atoms with E-state index in [0.717, 1.165) is 29.8 Å². The second kappa shape index (κ2) is 6.23. The summed E-state index contributed by atoms with van der Waals surface area (Å²) >= 11 is 0. The van der Waals surface area contributed by atoms with Gasteiger partial charge in [0.05, 0.1) is 23.9 Å². The third kappa shape index (κ3) is 3.05. The molecule has 0 saturated heterocycles. The van der Waals surface area contributed by atoms with Crippen LogP contribution in [0.15, 0.2) is 47.5 Å². The lowest BCUT2D eigenvalue weighted by Gasteiger charge is -2.39. The van der Waals surface area contributed by atoms with Gasteiger partial charge in [-0.2, -0.15) is 0 Å². The molecule has 1 aromatic heterocycles. The molecule has 2 aliphatic rings. The van der Waals surface area contributed by atoms with Crippen molar-refractivity contribution < 1.29 is 13.2 Å². The van der Waals surface area contributed by atoms with Gasteiger partial charge in [-0.05, 0) is 72.1 Å². The number of aromatic nitrogens is 1. The average molecular weight is 369 g/mol. The zero-order valence-electron chi connectivity index (χ0n) is 15.2. The molecule has 5 heteroatoms. The van der Waals surface area contributed by atoms with Gasteiger partial charge in [-0.3, -0.25) is 4.98 Å². The Morgan fingerprint density at radius 3 is 2.19 bits per heavy atom. The van der Waals surface area contributed by atoms with Crippen molar-refractivity contribution in [3.05, 3.63) is 53.9 Å². The van der Waals surface area contributed by atoms with Crippen LogP contribution in [0.3, 0.4) is 0 Å². The molecule has 0 atom stereocenters. The molecule has 0 radical (unpaired) electrons. The highest BCUT2D eigenvalue weighted by molar-refractivity contribution is 7.90. The largest absolute Gasteiger partial charge is 0.495 e. The highest BCUT2D eigenvalue weighted by Crippen LogP contribution is 2.59. The van der Waals surface area contributed by atoms with Crippen molar-refractivity contribution in [2.75, 3.05) is 13.4 Å². The molecule has 0 N–H and O–H groups in total. The summed E-state index contributed by atoms with van der Waals surface area (Å²) in [6.45, 7) is 0. The van der Waals surface area contributed by atoms with Crippen LogP contribution in [0.4, 0.5) is 0 Å². The Morgan fingerprint density at radius 2 is 1.69 bits per heavy atom. The zero-order chi connectivity index (χ0) is 18.4. The molecule has 1 saturated carbocycles. The number of pyridine rings is 1. The van der Waals surface area contributed by atoms with Gasteiger partial charge in [0.1, 0.15) is 5.75 Å². The SMILES string of the molecule is COc1ccc(C2=C(c3ccc(S(C)(=O)=O)cc3)CC3(CCC3)C2)nc1. The first-order chi connectivity index (χ1) is 12.4.